The highest BCUT2D eigenvalue weighted by atomic mass is 16.7. The number of aliphatic imine (C=N–C) groups is 1. The number of rotatable bonds is 2. The molecule has 5 heteroatoms. The van der Waals surface area contributed by atoms with Crippen molar-refractivity contribution >= 4 is 11.9 Å². The summed E-state index contributed by atoms with van der Waals surface area (Å²) < 4.78 is 12.5. The molecular formula is C14H15N3O2. The minimum atomic E-state index is 0.288. The Morgan fingerprint density at radius 3 is 2.79 bits per heavy atom. The highest BCUT2D eigenvalue weighted by Gasteiger charge is 2.12. The smallest absolute Gasteiger partial charge is 0.231 e. The third-order valence-corrected chi connectivity index (χ3v) is 3.21. The van der Waals surface area contributed by atoms with Crippen molar-refractivity contribution in [1.29, 1.82) is 0 Å². The van der Waals surface area contributed by atoms with Crippen LogP contribution >= 0.6 is 0 Å². The Morgan fingerprint density at radius 2 is 2.05 bits per heavy atom. The fraction of sp³-hybridized carbons (Fsp3) is 0.286. The molecule has 19 heavy (non-hydrogen) atoms. The molecule has 2 heterocycles. The molecule has 1 aromatic carbocycles. The van der Waals surface area contributed by atoms with Crippen molar-refractivity contribution in [2.75, 3.05) is 6.79 Å². The largest absolute Gasteiger partial charge is 0.454 e. The van der Waals surface area contributed by atoms with Crippen molar-refractivity contribution in [3.8, 4) is 11.5 Å². The Kier molecular flexibility index (Phi) is 2.74. The minimum absolute atomic E-state index is 0.288. The molecule has 2 aromatic rings. The molecule has 0 unspecified atom stereocenters. The molecule has 1 aromatic heterocycles. The first kappa shape index (κ1) is 11.8. The van der Waals surface area contributed by atoms with Gasteiger partial charge in [0.15, 0.2) is 11.5 Å². The van der Waals surface area contributed by atoms with Crippen molar-refractivity contribution < 1.29 is 9.47 Å². The quantitative estimate of drug-likeness (QED) is 0.777. The number of ether oxygens (including phenoxy) is 2. The minimum Gasteiger partial charge on any atom is -0.454 e. The van der Waals surface area contributed by atoms with E-state index >= 15 is 0 Å². The third-order valence-electron chi connectivity index (χ3n) is 3.21. The van der Waals surface area contributed by atoms with Crippen LogP contribution in [0.1, 0.15) is 17.0 Å². The molecule has 0 bridgehead atoms. The highest BCUT2D eigenvalue weighted by molar-refractivity contribution is 5.83. The summed E-state index contributed by atoms with van der Waals surface area (Å²) in [6, 6.07) is 5.78. The molecule has 1 aliphatic heterocycles. The summed E-state index contributed by atoms with van der Waals surface area (Å²) in [6.45, 7) is 4.25. The van der Waals surface area contributed by atoms with E-state index in [-0.39, 0.29) is 6.79 Å². The molecule has 0 fully saturated rings. The summed E-state index contributed by atoms with van der Waals surface area (Å²) in [5.41, 5.74) is 3.87. The number of nitrogens with zero attached hydrogens (tertiary/aromatic N) is 3. The first-order valence-corrected chi connectivity index (χ1v) is 6.09. The molecule has 0 atom stereocenters. The topological polar surface area (TPSA) is 48.6 Å². The fourth-order valence-corrected chi connectivity index (χ4v) is 2.08. The van der Waals surface area contributed by atoms with Crippen LogP contribution in [0.25, 0.3) is 0 Å². The van der Waals surface area contributed by atoms with Gasteiger partial charge in [-0.2, -0.15) is 5.10 Å². The third kappa shape index (κ3) is 2.07. The monoisotopic (exact) mass is 257 g/mol. The van der Waals surface area contributed by atoms with Crippen LogP contribution in [-0.4, -0.2) is 22.8 Å². The second kappa shape index (κ2) is 4.42. The Labute approximate surface area is 111 Å². The van der Waals surface area contributed by atoms with Crippen molar-refractivity contribution in [3.63, 3.8) is 0 Å². The van der Waals surface area contributed by atoms with Gasteiger partial charge in [-0.05, 0) is 37.6 Å². The lowest BCUT2D eigenvalue weighted by atomic mass is 10.2. The normalized spacial score (nSPS) is 13.4. The van der Waals surface area contributed by atoms with Crippen molar-refractivity contribution in [3.05, 3.63) is 35.2 Å². The molecule has 1 aliphatic rings. The van der Waals surface area contributed by atoms with Crippen LogP contribution in [0.5, 0.6) is 11.5 Å². The lowest BCUT2D eigenvalue weighted by Crippen LogP contribution is -1.92. The zero-order chi connectivity index (χ0) is 13.4. The number of hydrogen-bond donors (Lipinski definition) is 0. The summed E-state index contributed by atoms with van der Waals surface area (Å²) >= 11 is 0. The van der Waals surface area contributed by atoms with Crippen LogP contribution in [0.15, 0.2) is 23.2 Å². The van der Waals surface area contributed by atoms with Gasteiger partial charge in [0.1, 0.15) is 5.69 Å². The molecule has 0 amide bonds. The maximum Gasteiger partial charge on any atom is 0.231 e. The van der Waals surface area contributed by atoms with Gasteiger partial charge >= 0.3 is 0 Å². The van der Waals surface area contributed by atoms with E-state index < -0.39 is 0 Å². The second-order valence-electron chi connectivity index (χ2n) is 4.51. The Hall–Kier alpha value is -2.30. The van der Waals surface area contributed by atoms with Gasteiger partial charge < -0.3 is 9.47 Å². The number of aryl methyl sites for hydroxylation is 2. The van der Waals surface area contributed by atoms with Crippen LogP contribution in [0.4, 0.5) is 5.69 Å². The lowest BCUT2D eigenvalue weighted by Gasteiger charge is -1.98. The molecule has 5 nitrogen and oxygen atoms in total. The van der Waals surface area contributed by atoms with Crippen LogP contribution < -0.4 is 9.47 Å². The van der Waals surface area contributed by atoms with E-state index in [0.29, 0.717) is 0 Å². The van der Waals surface area contributed by atoms with E-state index in [1.54, 1.807) is 0 Å². The average Bonchev–Trinajstić information content (AvgIpc) is 2.94. The van der Waals surface area contributed by atoms with E-state index in [1.165, 1.54) is 0 Å². The predicted octanol–water partition coefficient (Wildman–Crippen LogP) is 2.52. The van der Waals surface area contributed by atoms with E-state index in [9.17, 15) is 0 Å². The van der Waals surface area contributed by atoms with E-state index in [2.05, 4.69) is 10.1 Å². The van der Waals surface area contributed by atoms with Gasteiger partial charge in [-0.25, -0.2) is 0 Å². The number of benzene rings is 1. The zero-order valence-electron chi connectivity index (χ0n) is 11.2. The Balaban J connectivity index is 1.90. The van der Waals surface area contributed by atoms with Gasteiger partial charge in [0, 0.05) is 13.3 Å². The summed E-state index contributed by atoms with van der Waals surface area (Å²) in [5.74, 6) is 1.55. The van der Waals surface area contributed by atoms with Gasteiger partial charge in [0.25, 0.3) is 0 Å². The molecule has 0 N–H and O–H groups in total. The van der Waals surface area contributed by atoms with Crippen LogP contribution in [0.3, 0.4) is 0 Å². The summed E-state index contributed by atoms with van der Waals surface area (Å²) in [4.78, 5) is 4.52. The van der Waals surface area contributed by atoms with Crippen LogP contribution in [0, 0.1) is 13.8 Å². The predicted molar refractivity (Wildman–Crippen MR) is 72.5 cm³/mol. The number of hydrogen-bond acceptors (Lipinski definition) is 4. The number of aromatic nitrogens is 2. The first-order chi connectivity index (χ1) is 9.15. The standard InChI is InChI=1S/C14H15N3O2/c1-9-14(10(2)17(3)16-9)15-7-11-4-5-12-13(6-11)19-8-18-12/h4-7H,8H2,1-3H3. The number of fused-ring (bicyclic) bond motifs is 1. The molecule has 3 rings (SSSR count). The Bertz CT molecular complexity index is 659. The Morgan fingerprint density at radius 1 is 1.26 bits per heavy atom. The van der Waals surface area contributed by atoms with Gasteiger partial charge in [0.2, 0.25) is 6.79 Å². The van der Waals surface area contributed by atoms with E-state index in [1.807, 2.05) is 50.0 Å². The van der Waals surface area contributed by atoms with Crippen molar-refractivity contribution in [1.82, 2.24) is 9.78 Å². The van der Waals surface area contributed by atoms with Gasteiger partial charge in [-0.15, -0.1) is 0 Å². The molecule has 0 aliphatic carbocycles. The molecule has 0 saturated heterocycles. The second-order valence-corrected chi connectivity index (χ2v) is 4.51. The average molecular weight is 257 g/mol. The van der Waals surface area contributed by atoms with Crippen molar-refractivity contribution in [2.45, 2.75) is 13.8 Å². The van der Waals surface area contributed by atoms with E-state index in [4.69, 9.17) is 9.47 Å². The lowest BCUT2D eigenvalue weighted by molar-refractivity contribution is 0.174. The van der Waals surface area contributed by atoms with E-state index in [0.717, 1.165) is 34.1 Å². The first-order valence-electron chi connectivity index (χ1n) is 6.09. The molecule has 98 valence electrons. The zero-order valence-corrected chi connectivity index (χ0v) is 11.2. The van der Waals surface area contributed by atoms with Gasteiger partial charge in [-0.3, -0.25) is 9.67 Å². The highest BCUT2D eigenvalue weighted by Crippen LogP contribution is 2.32. The fourth-order valence-electron chi connectivity index (χ4n) is 2.08. The summed E-state index contributed by atoms with van der Waals surface area (Å²) in [5, 5.41) is 4.34. The maximum absolute atomic E-state index is 5.34. The summed E-state index contributed by atoms with van der Waals surface area (Å²) in [6.07, 6.45) is 1.82. The van der Waals surface area contributed by atoms with Crippen LogP contribution in [-0.2, 0) is 7.05 Å². The van der Waals surface area contributed by atoms with Crippen LogP contribution in [0.2, 0.25) is 0 Å². The van der Waals surface area contributed by atoms with Crippen molar-refractivity contribution in [2.24, 2.45) is 12.0 Å². The SMILES string of the molecule is Cc1nn(C)c(C)c1N=Cc1ccc2c(c1)OCO2. The molecular weight excluding hydrogens is 242 g/mol. The molecule has 0 radical (unpaired) electrons. The van der Waals surface area contributed by atoms with Gasteiger partial charge in [0.05, 0.1) is 11.4 Å². The molecule has 0 saturated carbocycles. The van der Waals surface area contributed by atoms with Gasteiger partial charge in [-0.1, -0.05) is 0 Å². The molecule has 0 spiro atoms. The summed E-state index contributed by atoms with van der Waals surface area (Å²) in [7, 11) is 1.92. The maximum atomic E-state index is 5.34.